The van der Waals surface area contributed by atoms with Gasteiger partial charge in [-0.25, -0.2) is 4.72 Å². The molecule has 0 aliphatic carbocycles. The van der Waals surface area contributed by atoms with Crippen molar-refractivity contribution in [2.24, 2.45) is 5.92 Å². The van der Waals surface area contributed by atoms with Gasteiger partial charge in [0, 0.05) is 26.7 Å². The first kappa shape index (κ1) is 16.4. The molecule has 1 N–H and O–H groups in total. The summed E-state index contributed by atoms with van der Waals surface area (Å²) < 4.78 is 27.7. The number of benzene rings is 1. The number of nitrogens with one attached hydrogen (secondary N) is 1. The summed E-state index contributed by atoms with van der Waals surface area (Å²) in [6, 6.07) is 10.6. The Kier molecular flexibility index (Phi) is 5.37. The quantitative estimate of drug-likeness (QED) is 0.896. The third-order valence-electron chi connectivity index (χ3n) is 4.16. The predicted octanol–water partition coefficient (Wildman–Crippen LogP) is 1.47. The molecule has 2 atom stereocenters. The van der Waals surface area contributed by atoms with Gasteiger partial charge in [-0.15, -0.1) is 0 Å². The largest absolute Gasteiger partial charge is 0.299 e. The summed E-state index contributed by atoms with van der Waals surface area (Å²) in [6.07, 6.45) is 2.15. The van der Waals surface area contributed by atoms with Crippen LogP contribution in [0.5, 0.6) is 0 Å². The van der Waals surface area contributed by atoms with Gasteiger partial charge in [0.15, 0.2) is 0 Å². The molecule has 0 saturated carbocycles. The molecule has 21 heavy (non-hydrogen) atoms. The minimum Gasteiger partial charge on any atom is -0.299 e. The maximum Gasteiger partial charge on any atom is 0.278 e. The van der Waals surface area contributed by atoms with Crippen molar-refractivity contribution in [3.8, 4) is 0 Å². The molecule has 5 nitrogen and oxygen atoms in total. The van der Waals surface area contributed by atoms with Crippen molar-refractivity contribution in [1.29, 1.82) is 0 Å². The second-order valence-electron chi connectivity index (χ2n) is 5.87. The first-order valence-electron chi connectivity index (χ1n) is 7.34. The van der Waals surface area contributed by atoms with Gasteiger partial charge in [0.05, 0.1) is 0 Å². The van der Waals surface area contributed by atoms with Crippen molar-refractivity contribution in [2.75, 3.05) is 34.2 Å². The summed E-state index contributed by atoms with van der Waals surface area (Å²) in [6.45, 7) is 1.53. The van der Waals surface area contributed by atoms with E-state index in [1.807, 2.05) is 18.2 Å². The van der Waals surface area contributed by atoms with Crippen LogP contribution < -0.4 is 4.72 Å². The Morgan fingerprint density at radius 3 is 2.57 bits per heavy atom. The lowest BCUT2D eigenvalue weighted by Crippen LogP contribution is -2.44. The maximum atomic E-state index is 11.9. The molecule has 1 aliphatic heterocycles. The first-order valence-corrected chi connectivity index (χ1v) is 8.78. The third-order valence-corrected chi connectivity index (χ3v) is 5.65. The van der Waals surface area contributed by atoms with Gasteiger partial charge in [-0.1, -0.05) is 30.3 Å². The molecule has 6 heteroatoms. The Morgan fingerprint density at radius 1 is 1.29 bits per heavy atom. The van der Waals surface area contributed by atoms with E-state index in [-0.39, 0.29) is 6.04 Å². The second-order valence-corrected chi connectivity index (χ2v) is 7.84. The molecule has 2 rings (SSSR count). The van der Waals surface area contributed by atoms with E-state index in [9.17, 15) is 8.42 Å². The normalized spacial score (nSPS) is 24.4. The van der Waals surface area contributed by atoms with Gasteiger partial charge in [-0.05, 0) is 37.9 Å². The summed E-state index contributed by atoms with van der Waals surface area (Å²) in [4.78, 5) is 2.33. The Balaban J connectivity index is 2.12. The van der Waals surface area contributed by atoms with E-state index in [1.165, 1.54) is 9.87 Å². The van der Waals surface area contributed by atoms with Gasteiger partial charge in [0.2, 0.25) is 0 Å². The van der Waals surface area contributed by atoms with Gasteiger partial charge in [-0.2, -0.15) is 12.7 Å². The fourth-order valence-electron chi connectivity index (χ4n) is 2.99. The molecule has 1 fully saturated rings. The fraction of sp³-hybridized carbons (Fsp3) is 0.600. The number of likely N-dealkylation sites (tertiary alicyclic amines) is 1. The Hall–Kier alpha value is -0.950. The number of nitrogens with zero attached hydrogens (tertiary/aromatic N) is 2. The van der Waals surface area contributed by atoms with Gasteiger partial charge in [0.1, 0.15) is 0 Å². The second kappa shape index (κ2) is 6.87. The molecule has 2 unspecified atom stereocenters. The summed E-state index contributed by atoms with van der Waals surface area (Å²) in [7, 11) is 1.85. The van der Waals surface area contributed by atoms with Crippen molar-refractivity contribution in [1.82, 2.24) is 13.9 Å². The van der Waals surface area contributed by atoms with Crippen LogP contribution in [0.3, 0.4) is 0 Å². The molecular weight excluding hydrogens is 286 g/mol. The van der Waals surface area contributed by atoms with Crippen molar-refractivity contribution in [3.63, 3.8) is 0 Å². The molecule has 0 spiro atoms. The van der Waals surface area contributed by atoms with Crippen LogP contribution in [0.1, 0.15) is 24.4 Å². The highest BCUT2D eigenvalue weighted by Crippen LogP contribution is 2.34. The predicted molar refractivity (Wildman–Crippen MR) is 85.1 cm³/mol. The molecule has 1 heterocycles. The minimum absolute atomic E-state index is 0.268. The van der Waals surface area contributed by atoms with Crippen molar-refractivity contribution in [2.45, 2.75) is 18.9 Å². The van der Waals surface area contributed by atoms with Gasteiger partial charge in [-0.3, -0.25) is 4.90 Å². The van der Waals surface area contributed by atoms with E-state index in [0.29, 0.717) is 12.5 Å². The van der Waals surface area contributed by atoms with Crippen LogP contribution in [-0.2, 0) is 10.2 Å². The molecule has 0 aromatic heterocycles. The average Bonchev–Trinajstić information content (AvgIpc) is 2.46. The van der Waals surface area contributed by atoms with Crippen molar-refractivity contribution >= 4 is 10.2 Å². The first-order chi connectivity index (χ1) is 9.92. The number of rotatable bonds is 5. The number of piperidine rings is 1. The molecule has 0 bridgehead atoms. The van der Waals surface area contributed by atoms with Gasteiger partial charge in [0.25, 0.3) is 10.2 Å². The SMILES string of the molecule is CN1CCCC(CNS(=O)(=O)N(C)C)C1c1ccccc1. The van der Waals surface area contributed by atoms with Crippen LogP contribution in [0, 0.1) is 5.92 Å². The highest BCUT2D eigenvalue weighted by molar-refractivity contribution is 7.87. The Bertz CT molecular complexity index is 545. The highest BCUT2D eigenvalue weighted by Gasteiger charge is 2.31. The standard InChI is InChI=1S/C15H25N3O2S/c1-17(2)21(19,20)16-12-14-10-7-11-18(3)15(14)13-8-5-4-6-9-13/h4-6,8-9,14-16H,7,10-12H2,1-3H3. The third kappa shape index (κ3) is 4.03. The van der Waals surface area contributed by atoms with E-state index < -0.39 is 10.2 Å². The van der Waals surface area contributed by atoms with Crippen LogP contribution in [-0.4, -0.2) is 51.9 Å². The van der Waals surface area contributed by atoms with Crippen LogP contribution in [0.15, 0.2) is 30.3 Å². The van der Waals surface area contributed by atoms with E-state index in [1.54, 1.807) is 14.1 Å². The zero-order valence-corrected chi connectivity index (χ0v) is 13.8. The van der Waals surface area contributed by atoms with Gasteiger partial charge >= 0.3 is 0 Å². The maximum absolute atomic E-state index is 11.9. The molecule has 118 valence electrons. The highest BCUT2D eigenvalue weighted by atomic mass is 32.2. The lowest BCUT2D eigenvalue weighted by atomic mass is 9.85. The van der Waals surface area contributed by atoms with E-state index >= 15 is 0 Å². The van der Waals surface area contributed by atoms with E-state index in [2.05, 4.69) is 28.8 Å². The zero-order chi connectivity index (χ0) is 15.5. The lowest BCUT2D eigenvalue weighted by Gasteiger charge is -2.39. The average molecular weight is 311 g/mol. The van der Waals surface area contributed by atoms with Crippen molar-refractivity contribution in [3.05, 3.63) is 35.9 Å². The van der Waals surface area contributed by atoms with E-state index in [0.717, 1.165) is 19.4 Å². The molecule has 1 aromatic rings. The number of hydrogen-bond donors (Lipinski definition) is 1. The molecule has 1 saturated heterocycles. The van der Waals surface area contributed by atoms with Crippen LogP contribution in [0.4, 0.5) is 0 Å². The van der Waals surface area contributed by atoms with Crippen LogP contribution >= 0.6 is 0 Å². The summed E-state index contributed by atoms with van der Waals surface area (Å²) in [5, 5.41) is 0. The van der Waals surface area contributed by atoms with E-state index in [4.69, 9.17) is 0 Å². The van der Waals surface area contributed by atoms with Crippen LogP contribution in [0.25, 0.3) is 0 Å². The number of hydrogen-bond acceptors (Lipinski definition) is 3. The fourth-order valence-corrected chi connectivity index (χ4v) is 3.67. The van der Waals surface area contributed by atoms with Gasteiger partial charge < -0.3 is 0 Å². The monoisotopic (exact) mass is 311 g/mol. The summed E-state index contributed by atoms with van der Waals surface area (Å²) in [5.74, 6) is 0.292. The molecule has 0 amide bonds. The molecular formula is C15H25N3O2S. The summed E-state index contributed by atoms with van der Waals surface area (Å²) in [5.41, 5.74) is 1.26. The minimum atomic E-state index is -3.36. The van der Waals surface area contributed by atoms with Crippen LogP contribution in [0.2, 0.25) is 0 Å². The Morgan fingerprint density at radius 2 is 1.95 bits per heavy atom. The topological polar surface area (TPSA) is 52.7 Å². The lowest BCUT2D eigenvalue weighted by molar-refractivity contribution is 0.123. The smallest absolute Gasteiger partial charge is 0.278 e. The zero-order valence-electron chi connectivity index (χ0n) is 13.0. The molecule has 0 radical (unpaired) electrons. The summed E-state index contributed by atoms with van der Waals surface area (Å²) >= 11 is 0. The van der Waals surface area contributed by atoms with Crippen molar-refractivity contribution < 1.29 is 8.42 Å². The molecule has 1 aromatic carbocycles. The Labute approximate surface area is 128 Å². The molecule has 1 aliphatic rings.